The number of halogens is 1. The van der Waals surface area contributed by atoms with Crippen LogP contribution in [0, 0.1) is 10.6 Å². The van der Waals surface area contributed by atoms with Crippen LogP contribution in [0.1, 0.15) is 25.3 Å². The number of hydroxylamine groups is 2. The zero-order valence-electron chi connectivity index (χ0n) is 26.3. The van der Waals surface area contributed by atoms with Crippen LogP contribution in [0.5, 0.6) is 5.75 Å². The highest BCUT2D eigenvalue weighted by Crippen LogP contribution is 2.45. The summed E-state index contributed by atoms with van der Waals surface area (Å²) >= 11 is 4.79. The van der Waals surface area contributed by atoms with Gasteiger partial charge in [-0.15, -0.1) is 4.18 Å². The first-order valence-corrected chi connectivity index (χ1v) is 17.0. The molecule has 1 saturated heterocycles. The summed E-state index contributed by atoms with van der Waals surface area (Å²) in [5, 5.41) is 17.9. The van der Waals surface area contributed by atoms with Crippen LogP contribution in [-0.4, -0.2) is 77.4 Å². The van der Waals surface area contributed by atoms with Gasteiger partial charge in [0.15, 0.2) is 6.73 Å². The molecule has 13 heteroatoms. The summed E-state index contributed by atoms with van der Waals surface area (Å²) in [5.74, 6) is 0.505. The highest BCUT2D eigenvalue weighted by Gasteiger charge is 2.39. The van der Waals surface area contributed by atoms with E-state index in [0.717, 1.165) is 24.1 Å². The van der Waals surface area contributed by atoms with Gasteiger partial charge < -0.3 is 24.1 Å². The average Bonchev–Trinajstić information content (AvgIpc) is 3.51. The fraction of sp³-hybridized carbons (Fsp3) is 0.394. The number of hydrogen-bond acceptors (Lipinski definition) is 8. The Balaban J connectivity index is 1.10. The molecule has 4 aromatic rings. The Bertz CT molecular complexity index is 1710. The van der Waals surface area contributed by atoms with Gasteiger partial charge in [0.1, 0.15) is 11.4 Å². The van der Waals surface area contributed by atoms with Gasteiger partial charge in [-0.2, -0.15) is 14.3 Å². The quantitative estimate of drug-likeness (QED) is 0.125. The van der Waals surface area contributed by atoms with E-state index >= 15 is 0 Å². The minimum absolute atomic E-state index is 0.0956. The maximum absolute atomic E-state index is 13.7. The Hall–Kier alpha value is -3.36. The van der Waals surface area contributed by atoms with Gasteiger partial charge in [-0.3, -0.25) is 9.69 Å². The predicted molar refractivity (Wildman–Crippen MR) is 184 cm³/mol. The maximum atomic E-state index is 13.7. The molecule has 0 bridgehead atoms. The van der Waals surface area contributed by atoms with Crippen molar-refractivity contribution in [2.45, 2.75) is 25.5 Å². The Morgan fingerprint density at radius 1 is 1.04 bits per heavy atom. The van der Waals surface area contributed by atoms with E-state index in [1.165, 1.54) is 4.68 Å². The molecule has 2 aliphatic rings. The highest BCUT2D eigenvalue weighted by atomic mass is 35.5. The summed E-state index contributed by atoms with van der Waals surface area (Å²) in [4.78, 5) is 17.9. The van der Waals surface area contributed by atoms with Gasteiger partial charge >= 0.3 is 17.0 Å². The van der Waals surface area contributed by atoms with Gasteiger partial charge in [0.05, 0.1) is 38.1 Å². The lowest BCUT2D eigenvalue weighted by Gasteiger charge is -2.35. The number of hydrogen-bond donors (Lipinski definition) is 1. The molecule has 1 saturated carbocycles. The van der Waals surface area contributed by atoms with Crippen molar-refractivity contribution < 1.29 is 13.5 Å². The second-order valence-corrected chi connectivity index (χ2v) is 14.3. The molecule has 1 atom stereocenters. The third-order valence-electron chi connectivity index (χ3n) is 8.55. The van der Waals surface area contributed by atoms with E-state index in [-0.39, 0.29) is 23.5 Å². The summed E-state index contributed by atoms with van der Waals surface area (Å²) < 4.78 is 25.7. The predicted octanol–water partition coefficient (Wildman–Crippen LogP) is 5.22. The van der Waals surface area contributed by atoms with Crippen LogP contribution in [0.2, 0.25) is 5.02 Å². The summed E-state index contributed by atoms with van der Waals surface area (Å²) in [6.07, 6.45) is 7.73. The summed E-state index contributed by atoms with van der Waals surface area (Å²) in [6, 6.07) is 16.6. The van der Waals surface area contributed by atoms with Crippen molar-refractivity contribution >= 4 is 34.4 Å². The Morgan fingerprint density at radius 3 is 2.46 bits per heavy atom. The van der Waals surface area contributed by atoms with Crippen molar-refractivity contribution in [1.29, 1.82) is 0 Å². The monoisotopic (exact) mass is 667 g/mol. The summed E-state index contributed by atoms with van der Waals surface area (Å²) in [7, 11) is 3.14. The number of rotatable bonds is 12. The lowest BCUT2D eigenvalue weighted by Crippen LogP contribution is -2.48. The standard InChI is InChI=1S/C33H40ClN6O5S/c1-33(11-12-33)23-44-31-29(21-35-39(32(31)41)28-8-6-7-26(34)20-28)38-17-15-36(16-18-38)24-45-46(43)22-25-19-27(37-13-4-5-14-37)9-10-30(25)40(2,3)42/h4-10,13-14,19-21,43H,11-12,15-18,22-24H2,1-3H3/q+1. The first-order chi connectivity index (χ1) is 22.0. The Kier molecular flexibility index (Phi) is 9.49. The van der Waals surface area contributed by atoms with Crippen molar-refractivity contribution in [3.63, 3.8) is 0 Å². The van der Waals surface area contributed by atoms with Crippen LogP contribution in [-0.2, 0) is 21.4 Å². The van der Waals surface area contributed by atoms with E-state index in [1.807, 2.05) is 47.3 Å². The summed E-state index contributed by atoms with van der Waals surface area (Å²) in [5.41, 5.74) is 3.26. The molecule has 0 radical (unpaired) electrons. The smallest absolute Gasteiger partial charge is 0.318 e. The molecule has 6 rings (SSSR count). The van der Waals surface area contributed by atoms with Gasteiger partial charge in [-0.25, -0.2) is 0 Å². The van der Waals surface area contributed by atoms with Crippen LogP contribution >= 0.6 is 11.6 Å². The molecule has 1 aliphatic carbocycles. The topological polar surface area (TPSA) is 108 Å². The molecule has 1 unspecified atom stereocenters. The van der Waals surface area contributed by atoms with Gasteiger partial charge in [-0.05, 0) is 55.3 Å². The molecular formula is C33H40ClN6O5S+. The van der Waals surface area contributed by atoms with Crippen molar-refractivity contribution in [1.82, 2.24) is 23.9 Å². The second kappa shape index (κ2) is 13.4. The zero-order valence-corrected chi connectivity index (χ0v) is 27.9. The fourth-order valence-corrected chi connectivity index (χ4v) is 6.53. The van der Waals surface area contributed by atoms with Gasteiger partial charge in [0.25, 0.3) is 0 Å². The average molecular weight is 668 g/mol. The lowest BCUT2D eigenvalue weighted by atomic mass is 10.1. The molecule has 2 fully saturated rings. The first-order valence-electron chi connectivity index (χ1n) is 15.3. The third kappa shape index (κ3) is 7.60. The number of nitrogens with zero attached hydrogens (tertiary/aromatic N) is 6. The summed E-state index contributed by atoms with van der Waals surface area (Å²) in [6.45, 7) is 5.45. The van der Waals surface area contributed by atoms with E-state index in [1.54, 1.807) is 44.6 Å². The Morgan fingerprint density at radius 2 is 1.78 bits per heavy atom. The number of anilines is 1. The highest BCUT2D eigenvalue weighted by molar-refractivity contribution is 7.86. The molecule has 0 spiro atoms. The van der Waals surface area contributed by atoms with Crippen LogP contribution in [0.15, 0.2) is 78.0 Å². The number of ether oxygens (including phenoxy) is 1. The van der Waals surface area contributed by atoms with E-state index < -0.39 is 16.1 Å². The van der Waals surface area contributed by atoms with E-state index in [9.17, 15) is 14.6 Å². The molecule has 3 heterocycles. The number of quaternary nitrogens is 1. The second-order valence-electron chi connectivity index (χ2n) is 12.7. The van der Waals surface area contributed by atoms with E-state index in [0.29, 0.717) is 60.6 Å². The number of piperazine rings is 1. The van der Waals surface area contributed by atoms with Crippen LogP contribution in [0.3, 0.4) is 0 Å². The molecular weight excluding hydrogens is 628 g/mol. The van der Waals surface area contributed by atoms with E-state index in [2.05, 4.69) is 21.8 Å². The third-order valence-corrected chi connectivity index (χ3v) is 9.72. The van der Waals surface area contributed by atoms with Crippen LogP contribution in [0.4, 0.5) is 11.4 Å². The van der Waals surface area contributed by atoms with Gasteiger partial charge in [-0.1, -0.05) is 24.6 Å². The largest absolute Gasteiger partial charge is 0.628 e. The number of benzene rings is 2. The Labute approximate surface area is 277 Å². The normalized spacial score (nSPS) is 17.2. The van der Waals surface area contributed by atoms with Crippen LogP contribution < -0.4 is 19.8 Å². The minimum Gasteiger partial charge on any atom is -0.628 e. The lowest BCUT2D eigenvalue weighted by molar-refractivity contribution is 0.125. The molecule has 0 amide bonds. The molecule has 2 aromatic carbocycles. The van der Waals surface area contributed by atoms with Crippen LogP contribution in [0.25, 0.3) is 11.4 Å². The number of aromatic nitrogens is 3. The SMILES string of the molecule is CC1(COc2c(N3CCN(CO[S+](O)Cc4cc(-n5cccc5)ccc4[N+](C)(C)[O-])CC3)cnn(-c3cccc(Cl)c3)c2=O)CC1. The van der Waals surface area contributed by atoms with E-state index in [4.69, 9.17) is 20.5 Å². The zero-order chi connectivity index (χ0) is 32.5. The van der Waals surface area contributed by atoms with Crippen molar-refractivity contribution in [2.24, 2.45) is 5.41 Å². The molecule has 1 aliphatic heterocycles. The molecule has 1 N–H and O–H groups in total. The molecule has 11 nitrogen and oxygen atoms in total. The van der Waals surface area contributed by atoms with Gasteiger partial charge in [0.2, 0.25) is 11.5 Å². The minimum atomic E-state index is -1.40. The fourth-order valence-electron chi connectivity index (χ4n) is 5.49. The van der Waals surface area contributed by atoms with Crippen molar-refractivity contribution in [3.8, 4) is 17.1 Å². The van der Waals surface area contributed by atoms with Crippen molar-refractivity contribution in [2.75, 3.05) is 58.5 Å². The molecule has 244 valence electrons. The van der Waals surface area contributed by atoms with Gasteiger partial charge in [0, 0.05) is 60.8 Å². The maximum Gasteiger partial charge on any atom is 0.318 e. The first kappa shape index (κ1) is 32.6. The molecule has 2 aromatic heterocycles. The molecule has 46 heavy (non-hydrogen) atoms. The van der Waals surface area contributed by atoms with Crippen molar-refractivity contribution in [3.05, 3.63) is 99.3 Å².